The molecule has 0 N–H and O–H groups in total. The Kier molecular flexibility index (Phi) is 5.21. The predicted octanol–water partition coefficient (Wildman–Crippen LogP) is 1.62. The van der Waals surface area contributed by atoms with Crippen LogP contribution in [-0.2, 0) is 19.9 Å². The number of hydrogen-bond acceptors (Lipinski definition) is 6. The summed E-state index contributed by atoms with van der Waals surface area (Å²) in [7, 11) is -7.01. The fourth-order valence-corrected chi connectivity index (χ4v) is 9.66. The van der Waals surface area contributed by atoms with Gasteiger partial charge in [0.2, 0.25) is 10.0 Å². The number of carbonyl (C=O) groups is 1. The van der Waals surface area contributed by atoms with Crippen molar-refractivity contribution in [3.05, 3.63) is 34.5 Å². The van der Waals surface area contributed by atoms with Crippen LogP contribution in [0.15, 0.2) is 18.2 Å². The highest BCUT2D eigenvalue weighted by Crippen LogP contribution is 2.33. The number of halogens is 1. The summed E-state index contributed by atoms with van der Waals surface area (Å²) >= 11 is 1.24. The maximum Gasteiger partial charge on any atom is 0.264 e. The van der Waals surface area contributed by atoms with Crippen molar-refractivity contribution in [2.24, 2.45) is 0 Å². The molecule has 1 aromatic heterocycles. The van der Waals surface area contributed by atoms with Crippen LogP contribution in [-0.4, -0.2) is 74.9 Å². The molecule has 2 fully saturated rings. The van der Waals surface area contributed by atoms with Crippen LogP contribution < -0.4 is 0 Å². The minimum absolute atomic E-state index is 0.100. The summed E-state index contributed by atoms with van der Waals surface area (Å²) in [5, 5.41) is -0.452. The van der Waals surface area contributed by atoms with Crippen molar-refractivity contribution in [2.75, 3.05) is 37.7 Å². The largest absolute Gasteiger partial charge is 0.335 e. The van der Waals surface area contributed by atoms with Gasteiger partial charge in [-0.15, -0.1) is 11.3 Å². The number of carbonyl (C=O) groups excluding carboxylic acids is 1. The molecule has 0 aliphatic carbocycles. The quantitative estimate of drug-likeness (QED) is 0.694. The van der Waals surface area contributed by atoms with Crippen molar-refractivity contribution in [1.29, 1.82) is 0 Å². The van der Waals surface area contributed by atoms with Crippen LogP contribution in [0.4, 0.5) is 4.39 Å². The van der Waals surface area contributed by atoms with Crippen LogP contribution in [0.5, 0.6) is 0 Å². The summed E-state index contributed by atoms with van der Waals surface area (Å²) in [6.45, 7) is 2.41. The highest BCUT2D eigenvalue weighted by atomic mass is 32.2. The predicted molar refractivity (Wildman–Crippen MR) is 110 cm³/mol. The lowest BCUT2D eigenvalue weighted by Gasteiger charge is -2.35. The average molecular weight is 461 g/mol. The fraction of sp³-hybridized carbons (Fsp3) is 0.500. The van der Waals surface area contributed by atoms with Crippen LogP contribution in [0.25, 0.3) is 10.1 Å². The Labute approximate surface area is 173 Å². The normalized spacial score (nSPS) is 23.0. The van der Waals surface area contributed by atoms with Crippen molar-refractivity contribution < 1.29 is 26.0 Å². The third kappa shape index (κ3) is 3.69. The zero-order valence-electron chi connectivity index (χ0n) is 15.8. The number of rotatable bonds is 3. The average Bonchev–Trinajstić information content (AvgIpc) is 3.22. The van der Waals surface area contributed by atoms with E-state index < -0.39 is 25.1 Å². The van der Waals surface area contributed by atoms with Gasteiger partial charge in [0.05, 0.1) is 21.6 Å². The van der Waals surface area contributed by atoms with E-state index in [1.165, 1.54) is 21.7 Å². The Morgan fingerprint density at radius 1 is 1.21 bits per heavy atom. The molecule has 1 atom stereocenters. The van der Waals surface area contributed by atoms with Gasteiger partial charge in [-0.05, 0) is 31.0 Å². The highest BCUT2D eigenvalue weighted by Gasteiger charge is 2.41. The van der Waals surface area contributed by atoms with Gasteiger partial charge in [-0.1, -0.05) is 6.07 Å². The number of benzene rings is 1. The number of sulfonamides is 1. The monoisotopic (exact) mass is 460 g/mol. The molecule has 0 spiro atoms. The van der Waals surface area contributed by atoms with Crippen LogP contribution in [0, 0.1) is 12.7 Å². The maximum atomic E-state index is 14.1. The minimum atomic E-state index is -3.71. The zero-order chi connectivity index (χ0) is 21.0. The SMILES string of the molecule is Cc1c(C(=O)N2CCN(S(=O)(=O)C3CCS(=O)(=O)C3)CC2)sc2cccc(F)c12. The molecule has 2 saturated heterocycles. The number of piperazine rings is 1. The van der Waals surface area contributed by atoms with E-state index in [9.17, 15) is 26.0 Å². The summed E-state index contributed by atoms with van der Waals surface area (Å²) in [5.74, 6) is -1.03. The summed E-state index contributed by atoms with van der Waals surface area (Å²) in [6.07, 6.45) is 0.121. The van der Waals surface area contributed by atoms with Gasteiger partial charge in [-0.2, -0.15) is 4.31 Å². The summed E-state index contributed by atoms with van der Waals surface area (Å²) in [6, 6.07) is 4.74. The summed E-state index contributed by atoms with van der Waals surface area (Å²) in [4.78, 5) is 15.0. The van der Waals surface area contributed by atoms with E-state index in [1.807, 2.05) is 0 Å². The molecule has 0 saturated carbocycles. The standard InChI is InChI=1S/C18H21FN2O5S3/c1-12-16-14(19)3-2-4-15(16)27-17(12)18(22)20-6-8-21(9-7-20)29(25,26)13-5-10-28(23,24)11-13/h2-4,13H,5-11H2,1H3. The lowest BCUT2D eigenvalue weighted by Crippen LogP contribution is -2.52. The van der Waals surface area contributed by atoms with E-state index in [4.69, 9.17) is 0 Å². The third-order valence-corrected chi connectivity index (χ3v) is 11.1. The first-order chi connectivity index (χ1) is 13.6. The van der Waals surface area contributed by atoms with Gasteiger partial charge in [-0.25, -0.2) is 21.2 Å². The first kappa shape index (κ1) is 20.7. The van der Waals surface area contributed by atoms with Gasteiger partial charge in [0.15, 0.2) is 9.84 Å². The second-order valence-electron chi connectivity index (χ2n) is 7.43. The van der Waals surface area contributed by atoms with Gasteiger partial charge in [0.25, 0.3) is 5.91 Å². The number of nitrogens with zero attached hydrogens (tertiary/aromatic N) is 2. The topological polar surface area (TPSA) is 91.8 Å². The lowest BCUT2D eigenvalue weighted by molar-refractivity contribution is 0.0702. The highest BCUT2D eigenvalue weighted by molar-refractivity contribution is 7.95. The molecule has 158 valence electrons. The molecule has 7 nitrogen and oxygen atoms in total. The van der Waals surface area contributed by atoms with Crippen molar-refractivity contribution in [1.82, 2.24) is 9.21 Å². The lowest BCUT2D eigenvalue weighted by atomic mass is 10.1. The molecule has 2 aliphatic heterocycles. The zero-order valence-corrected chi connectivity index (χ0v) is 18.2. The van der Waals surface area contributed by atoms with E-state index in [0.29, 0.717) is 20.5 Å². The Morgan fingerprint density at radius 2 is 1.90 bits per heavy atom. The van der Waals surface area contributed by atoms with Crippen LogP contribution >= 0.6 is 11.3 Å². The molecule has 0 bridgehead atoms. The van der Waals surface area contributed by atoms with Gasteiger partial charge < -0.3 is 4.90 Å². The Hall–Kier alpha value is -1.56. The Bertz CT molecular complexity index is 1180. The third-order valence-electron chi connectivity index (χ3n) is 5.59. The Balaban J connectivity index is 1.48. The minimum Gasteiger partial charge on any atom is -0.335 e. The van der Waals surface area contributed by atoms with E-state index in [0.717, 1.165) is 0 Å². The maximum absolute atomic E-state index is 14.1. The summed E-state index contributed by atoms with van der Waals surface area (Å²) in [5.41, 5.74) is 0.597. The van der Waals surface area contributed by atoms with E-state index in [2.05, 4.69) is 0 Å². The van der Waals surface area contributed by atoms with E-state index >= 15 is 0 Å². The van der Waals surface area contributed by atoms with Crippen LogP contribution in [0.3, 0.4) is 0 Å². The van der Waals surface area contributed by atoms with Crippen molar-refractivity contribution in [3.63, 3.8) is 0 Å². The second kappa shape index (κ2) is 7.29. The first-order valence-corrected chi connectivity index (χ1v) is 13.4. The molecule has 1 unspecified atom stereocenters. The van der Waals surface area contributed by atoms with Crippen LogP contribution in [0.1, 0.15) is 21.7 Å². The fourth-order valence-electron chi connectivity index (χ4n) is 3.95. The number of amides is 1. The molecule has 1 aromatic carbocycles. The molecule has 2 aromatic rings. The molecular formula is C18H21FN2O5S3. The number of thiophene rings is 1. The molecule has 11 heteroatoms. The van der Waals surface area contributed by atoms with E-state index in [1.54, 1.807) is 24.0 Å². The molecule has 4 rings (SSSR count). The molecular weight excluding hydrogens is 439 g/mol. The van der Waals surface area contributed by atoms with Gasteiger partial charge in [-0.3, -0.25) is 4.79 Å². The van der Waals surface area contributed by atoms with Crippen molar-refractivity contribution >= 4 is 47.2 Å². The van der Waals surface area contributed by atoms with Gasteiger partial charge in [0, 0.05) is 36.3 Å². The van der Waals surface area contributed by atoms with Gasteiger partial charge in [0.1, 0.15) is 5.82 Å². The Morgan fingerprint density at radius 3 is 2.48 bits per heavy atom. The molecule has 2 aliphatic rings. The molecule has 3 heterocycles. The number of hydrogen-bond donors (Lipinski definition) is 0. The van der Waals surface area contributed by atoms with Crippen molar-refractivity contribution in [3.8, 4) is 0 Å². The molecule has 0 radical (unpaired) electrons. The van der Waals surface area contributed by atoms with Crippen molar-refractivity contribution in [2.45, 2.75) is 18.6 Å². The first-order valence-electron chi connectivity index (χ1n) is 9.26. The van der Waals surface area contributed by atoms with Crippen LogP contribution in [0.2, 0.25) is 0 Å². The number of aryl methyl sites for hydroxylation is 1. The molecule has 1 amide bonds. The number of sulfone groups is 1. The smallest absolute Gasteiger partial charge is 0.264 e. The second-order valence-corrected chi connectivity index (χ2v) is 12.9. The number of fused-ring (bicyclic) bond motifs is 1. The van der Waals surface area contributed by atoms with E-state index in [-0.39, 0.29) is 55.8 Å². The van der Waals surface area contributed by atoms with Gasteiger partial charge >= 0.3 is 0 Å². The summed E-state index contributed by atoms with van der Waals surface area (Å²) < 4.78 is 64.9. The molecule has 29 heavy (non-hydrogen) atoms.